The molecular weight excluding hydrogens is 464 g/mol. The molecule has 1 N–H and O–H groups in total. The minimum atomic E-state index is -2.89. The number of carbonyl (C=O) groups excluding carboxylic acids is 1. The average Bonchev–Trinajstić information content (AvgIpc) is 3.30. The number of carbonyl (C=O) groups is 1. The molecule has 0 aromatic heterocycles. The molecule has 3 aromatic rings. The number of hydrogen-bond acceptors (Lipinski definition) is 4. The van der Waals surface area contributed by atoms with E-state index in [9.17, 15) is 13.6 Å². The summed E-state index contributed by atoms with van der Waals surface area (Å²) in [5, 5.41) is 9.23. The Kier molecular flexibility index (Phi) is 6.35. The van der Waals surface area contributed by atoms with Gasteiger partial charge >= 0.3 is 12.6 Å². The molecule has 0 saturated carbocycles. The monoisotopic (exact) mass is 491 g/mol. The highest BCUT2D eigenvalue weighted by atomic mass is 19.3. The van der Waals surface area contributed by atoms with Crippen LogP contribution in [0.15, 0.2) is 84.0 Å². The highest BCUT2D eigenvalue weighted by Crippen LogP contribution is 2.34. The zero-order chi connectivity index (χ0) is 25.3. The fourth-order valence-electron chi connectivity index (χ4n) is 4.68. The Bertz CT molecular complexity index is 1260. The number of hydrazone groups is 1. The van der Waals surface area contributed by atoms with Crippen LogP contribution in [0.1, 0.15) is 36.5 Å². The Morgan fingerprint density at radius 3 is 2.47 bits per heavy atom. The van der Waals surface area contributed by atoms with Gasteiger partial charge in [-0.15, -0.1) is 0 Å². The molecule has 36 heavy (non-hydrogen) atoms. The molecule has 6 nitrogen and oxygen atoms in total. The quantitative estimate of drug-likeness (QED) is 0.507. The number of amides is 2. The van der Waals surface area contributed by atoms with E-state index in [4.69, 9.17) is 4.74 Å². The topological polar surface area (TPSA) is 63.2 Å². The molecule has 2 aliphatic rings. The van der Waals surface area contributed by atoms with Gasteiger partial charge in [0.15, 0.2) is 0 Å². The molecule has 3 aromatic carbocycles. The number of nitrogens with one attached hydrogen (secondary N) is 1. The summed E-state index contributed by atoms with van der Waals surface area (Å²) >= 11 is 0. The maximum absolute atomic E-state index is 13.4. The van der Waals surface area contributed by atoms with Gasteiger partial charge < -0.3 is 14.8 Å². The van der Waals surface area contributed by atoms with E-state index in [-0.39, 0.29) is 23.7 Å². The lowest BCUT2D eigenvalue weighted by atomic mass is 9.88. The van der Waals surface area contributed by atoms with Crippen LogP contribution in [0.25, 0.3) is 0 Å². The maximum atomic E-state index is 13.4. The smallest absolute Gasteiger partial charge is 0.387 e. The van der Waals surface area contributed by atoms with Gasteiger partial charge in [-0.1, -0.05) is 48.5 Å². The molecule has 186 valence electrons. The molecule has 2 amide bonds. The number of benzene rings is 3. The summed E-state index contributed by atoms with van der Waals surface area (Å²) in [4.78, 5) is 13.4. The van der Waals surface area contributed by atoms with Crippen molar-refractivity contribution in [1.29, 1.82) is 0 Å². The van der Waals surface area contributed by atoms with Crippen LogP contribution in [0.2, 0.25) is 0 Å². The summed E-state index contributed by atoms with van der Waals surface area (Å²) in [7, 11) is 0. The van der Waals surface area contributed by atoms with Gasteiger partial charge in [0.25, 0.3) is 0 Å². The summed E-state index contributed by atoms with van der Waals surface area (Å²) in [6.45, 7) is 1.38. The normalized spacial score (nSPS) is 20.4. The Morgan fingerprint density at radius 2 is 1.75 bits per heavy atom. The number of fused-ring (bicyclic) bond motifs is 1. The molecule has 8 heteroatoms. The molecule has 2 unspecified atom stereocenters. The lowest BCUT2D eigenvalue weighted by Crippen LogP contribution is -2.57. The van der Waals surface area contributed by atoms with Gasteiger partial charge in [0, 0.05) is 12.3 Å². The second-order valence-electron chi connectivity index (χ2n) is 9.45. The van der Waals surface area contributed by atoms with Crippen LogP contribution in [0.5, 0.6) is 11.5 Å². The van der Waals surface area contributed by atoms with Crippen LogP contribution < -0.4 is 14.8 Å². The maximum Gasteiger partial charge on any atom is 0.387 e. The first kappa shape index (κ1) is 23.8. The van der Waals surface area contributed by atoms with E-state index < -0.39 is 12.2 Å². The number of ether oxygens (including phenoxy) is 2. The van der Waals surface area contributed by atoms with Gasteiger partial charge in [0.1, 0.15) is 17.1 Å². The third-order valence-electron chi connectivity index (χ3n) is 6.63. The van der Waals surface area contributed by atoms with Crippen LogP contribution in [-0.2, 0) is 6.42 Å². The third-order valence-corrected chi connectivity index (χ3v) is 6.63. The van der Waals surface area contributed by atoms with E-state index in [0.29, 0.717) is 18.7 Å². The molecule has 2 aliphatic heterocycles. The molecule has 5 rings (SSSR count). The lowest BCUT2D eigenvalue weighted by Gasteiger charge is -2.40. The van der Waals surface area contributed by atoms with Gasteiger partial charge in [-0.2, -0.15) is 13.9 Å². The molecular formula is C28H27F2N3O3. The predicted molar refractivity (Wildman–Crippen MR) is 133 cm³/mol. The number of alkyl halides is 2. The fraction of sp³-hybridized carbons (Fsp3) is 0.286. The van der Waals surface area contributed by atoms with E-state index >= 15 is 0 Å². The fourth-order valence-corrected chi connectivity index (χ4v) is 4.68. The Labute approximate surface area is 208 Å². The molecule has 0 spiro atoms. The molecule has 0 saturated heterocycles. The van der Waals surface area contributed by atoms with Gasteiger partial charge in [0.05, 0.1) is 18.3 Å². The minimum absolute atomic E-state index is 0.0676. The van der Waals surface area contributed by atoms with Crippen LogP contribution in [0.4, 0.5) is 13.6 Å². The second-order valence-corrected chi connectivity index (χ2v) is 9.45. The molecule has 0 radical (unpaired) electrons. The van der Waals surface area contributed by atoms with Gasteiger partial charge in [-0.05, 0) is 60.9 Å². The van der Waals surface area contributed by atoms with E-state index in [2.05, 4.69) is 15.2 Å². The van der Waals surface area contributed by atoms with Gasteiger partial charge in [-0.25, -0.2) is 9.80 Å². The largest absolute Gasteiger partial charge is 0.485 e. The van der Waals surface area contributed by atoms with Gasteiger partial charge in [-0.3, -0.25) is 0 Å². The van der Waals surface area contributed by atoms with Crippen molar-refractivity contribution in [1.82, 2.24) is 10.3 Å². The summed E-state index contributed by atoms with van der Waals surface area (Å²) in [6.07, 6.45) is 0.646. The molecule has 0 fully saturated rings. The molecule has 2 atom stereocenters. The molecule has 0 aliphatic carbocycles. The SMILES string of the molecule is CC1(C)Oc2ccccc2CC1NC(=O)N1CC(c2ccccc2)C(c2ccc(OC(F)F)cc2)=N1. The highest BCUT2D eigenvalue weighted by molar-refractivity contribution is 6.07. The Balaban J connectivity index is 1.39. The number of halogens is 2. The number of para-hydroxylation sites is 1. The first-order valence-corrected chi connectivity index (χ1v) is 11.8. The highest BCUT2D eigenvalue weighted by Gasteiger charge is 2.40. The van der Waals surface area contributed by atoms with Crippen molar-refractivity contribution in [3.05, 3.63) is 95.6 Å². The van der Waals surface area contributed by atoms with Crippen LogP contribution in [0.3, 0.4) is 0 Å². The van der Waals surface area contributed by atoms with Gasteiger partial charge in [0.2, 0.25) is 0 Å². The van der Waals surface area contributed by atoms with E-state index in [0.717, 1.165) is 22.4 Å². The van der Waals surface area contributed by atoms with Crippen molar-refractivity contribution in [2.75, 3.05) is 6.54 Å². The van der Waals surface area contributed by atoms with Crippen molar-refractivity contribution < 1.29 is 23.0 Å². The summed E-state index contributed by atoms with van der Waals surface area (Å²) in [5.41, 5.74) is 2.87. The number of rotatable bonds is 5. The first-order valence-electron chi connectivity index (χ1n) is 11.8. The predicted octanol–water partition coefficient (Wildman–Crippen LogP) is 5.58. The second kappa shape index (κ2) is 9.60. The average molecular weight is 492 g/mol. The third kappa shape index (κ3) is 4.89. The number of nitrogens with zero attached hydrogens (tertiary/aromatic N) is 2. The molecule has 0 bridgehead atoms. The minimum Gasteiger partial charge on any atom is -0.485 e. The lowest BCUT2D eigenvalue weighted by molar-refractivity contribution is -0.0498. The first-order chi connectivity index (χ1) is 17.3. The van der Waals surface area contributed by atoms with Crippen molar-refractivity contribution >= 4 is 11.7 Å². The van der Waals surface area contributed by atoms with E-state index in [1.807, 2.05) is 68.4 Å². The summed E-state index contributed by atoms with van der Waals surface area (Å²) < 4.78 is 35.8. The Hall–Kier alpha value is -3.94. The zero-order valence-corrected chi connectivity index (χ0v) is 20.0. The van der Waals surface area contributed by atoms with Crippen LogP contribution in [-0.4, -0.2) is 41.6 Å². The van der Waals surface area contributed by atoms with Crippen molar-refractivity contribution in [2.45, 2.75) is 44.4 Å². The summed E-state index contributed by atoms with van der Waals surface area (Å²) in [6, 6.07) is 23.4. The number of hydrogen-bond donors (Lipinski definition) is 1. The van der Waals surface area contributed by atoms with Crippen molar-refractivity contribution in [2.24, 2.45) is 5.10 Å². The van der Waals surface area contributed by atoms with Crippen LogP contribution in [0, 0.1) is 0 Å². The summed E-state index contributed by atoms with van der Waals surface area (Å²) in [5.74, 6) is 0.728. The Morgan fingerprint density at radius 1 is 1.06 bits per heavy atom. The van der Waals surface area contributed by atoms with Crippen molar-refractivity contribution in [3.63, 3.8) is 0 Å². The zero-order valence-electron chi connectivity index (χ0n) is 20.0. The van der Waals surface area contributed by atoms with Crippen molar-refractivity contribution in [3.8, 4) is 11.5 Å². The van der Waals surface area contributed by atoms with Crippen LogP contribution >= 0.6 is 0 Å². The molecule has 2 heterocycles. The van der Waals surface area contributed by atoms with E-state index in [1.165, 1.54) is 17.1 Å². The standard InChI is InChI=1S/C28H27F2N3O3/c1-28(2)24(16-20-10-6-7-11-23(20)36-28)31-27(34)33-17-22(18-8-4-3-5-9-18)25(32-33)19-12-14-21(15-13-19)35-26(29)30/h3-15,22,24,26H,16-17H2,1-2H3,(H,31,34). The number of urea groups is 1. The van der Waals surface area contributed by atoms with E-state index in [1.54, 1.807) is 12.1 Å².